The van der Waals surface area contributed by atoms with Crippen molar-refractivity contribution in [2.24, 2.45) is 0 Å². The van der Waals surface area contributed by atoms with Gasteiger partial charge in [0, 0.05) is 38.3 Å². The third-order valence-electron chi connectivity index (χ3n) is 6.48. The number of halogens is 3. The molecule has 0 radical (unpaired) electrons. The Morgan fingerprint density at radius 3 is 2.41 bits per heavy atom. The molecule has 1 aliphatic carbocycles. The van der Waals surface area contributed by atoms with Crippen molar-refractivity contribution in [3.8, 4) is 0 Å². The summed E-state index contributed by atoms with van der Waals surface area (Å²) in [6, 6.07) is -0.629. The van der Waals surface area contributed by atoms with Gasteiger partial charge in [-0.25, -0.2) is 13.6 Å². The molecule has 37 heavy (non-hydrogen) atoms. The number of nitrogens with zero attached hydrogens (tertiary/aromatic N) is 6. The van der Waals surface area contributed by atoms with Crippen LogP contribution < -0.4 is 5.32 Å². The summed E-state index contributed by atoms with van der Waals surface area (Å²) < 4.78 is 34.8. The number of hydrogen-bond acceptors (Lipinski definition) is 6. The van der Waals surface area contributed by atoms with Crippen LogP contribution in [-0.4, -0.2) is 80.1 Å². The molecule has 4 rings (SSSR count). The van der Waals surface area contributed by atoms with Crippen LogP contribution in [0.2, 0.25) is 0 Å². The van der Waals surface area contributed by atoms with Crippen LogP contribution in [0.5, 0.6) is 0 Å². The molecule has 0 aromatic carbocycles. The minimum absolute atomic E-state index is 0.109. The number of carbonyl (C=O) groups is 3. The maximum absolute atomic E-state index is 13.3. The van der Waals surface area contributed by atoms with E-state index in [1.165, 1.54) is 9.36 Å². The van der Waals surface area contributed by atoms with Gasteiger partial charge < -0.3 is 19.9 Å². The molecule has 2 aromatic heterocycles. The number of anilines is 1. The van der Waals surface area contributed by atoms with Crippen LogP contribution >= 0.6 is 15.9 Å². The normalized spacial score (nSPS) is 16.7. The van der Waals surface area contributed by atoms with E-state index in [2.05, 4.69) is 31.4 Å². The monoisotopic (exact) mass is 585 g/mol. The lowest BCUT2D eigenvalue weighted by Crippen LogP contribution is -2.52. The lowest BCUT2D eigenvalue weighted by Gasteiger charge is -2.35. The third kappa shape index (κ3) is 5.94. The Morgan fingerprint density at radius 1 is 1.16 bits per heavy atom. The molecule has 1 saturated heterocycles. The average Bonchev–Trinajstić information content (AvgIpc) is 3.56. The number of aromatic nitrogens is 4. The second-order valence-electron chi connectivity index (χ2n) is 9.16. The fourth-order valence-corrected chi connectivity index (χ4v) is 5.09. The molecule has 2 aromatic rings. The first-order valence-corrected chi connectivity index (χ1v) is 13.0. The largest absolute Gasteiger partial charge is 0.450 e. The van der Waals surface area contributed by atoms with Crippen molar-refractivity contribution in [1.82, 2.24) is 29.4 Å². The van der Waals surface area contributed by atoms with Gasteiger partial charge in [-0.05, 0) is 49.5 Å². The fourth-order valence-electron chi connectivity index (χ4n) is 4.31. The fraction of sp³-hybridized carbons (Fsp3) is 0.609. The Morgan fingerprint density at radius 2 is 1.81 bits per heavy atom. The number of rotatable bonds is 8. The quantitative estimate of drug-likeness (QED) is 0.507. The van der Waals surface area contributed by atoms with Crippen LogP contribution in [0, 0.1) is 6.92 Å². The summed E-state index contributed by atoms with van der Waals surface area (Å²) in [5.41, 5.74) is 1.18. The average molecular weight is 586 g/mol. The summed E-state index contributed by atoms with van der Waals surface area (Å²) in [7, 11) is 0. The lowest BCUT2D eigenvalue weighted by atomic mass is 10.2. The standard InChI is InChI=1S/C23H30BrF2N7O4/c1-4-37-23(36)31-9-7-30(8-10-31)22(35)14(3)32-11-16(13(2)28-32)27-17(34)12-33-20(15-5-6-15)18(24)19(29-33)21(25)26/h11,14-15,21H,4-10,12H2,1-3H3,(H,27,34). The van der Waals surface area contributed by atoms with E-state index in [9.17, 15) is 23.2 Å². The molecule has 2 aliphatic rings. The molecule has 0 spiro atoms. The van der Waals surface area contributed by atoms with E-state index in [0.717, 1.165) is 12.8 Å². The van der Waals surface area contributed by atoms with Crippen LogP contribution in [0.3, 0.4) is 0 Å². The number of aryl methyl sites for hydroxylation is 1. The summed E-state index contributed by atoms with van der Waals surface area (Å²) in [4.78, 5) is 41.0. The van der Waals surface area contributed by atoms with Crippen molar-refractivity contribution in [1.29, 1.82) is 0 Å². The highest BCUT2D eigenvalue weighted by molar-refractivity contribution is 9.10. The first-order valence-electron chi connectivity index (χ1n) is 12.2. The Bertz CT molecular complexity index is 1170. The Hall–Kier alpha value is -3.03. The number of hydrogen-bond donors (Lipinski definition) is 1. The SMILES string of the molecule is CCOC(=O)N1CCN(C(=O)C(C)n2cc(NC(=O)Cn3nc(C(F)F)c(Br)c3C3CC3)c(C)n2)CC1. The Kier molecular flexibility index (Phi) is 8.14. The highest BCUT2D eigenvalue weighted by atomic mass is 79.9. The van der Waals surface area contributed by atoms with Crippen molar-refractivity contribution in [3.05, 3.63) is 27.8 Å². The summed E-state index contributed by atoms with van der Waals surface area (Å²) in [6.07, 6.45) is 0.177. The maximum atomic E-state index is 13.3. The number of nitrogens with one attached hydrogen (secondary N) is 1. The third-order valence-corrected chi connectivity index (χ3v) is 7.30. The highest BCUT2D eigenvalue weighted by Gasteiger charge is 2.34. The van der Waals surface area contributed by atoms with Crippen LogP contribution in [0.15, 0.2) is 10.7 Å². The molecule has 3 heterocycles. The predicted octanol–water partition coefficient (Wildman–Crippen LogP) is 3.47. The van der Waals surface area contributed by atoms with Crippen LogP contribution in [0.4, 0.5) is 19.3 Å². The number of amides is 3. The number of carbonyl (C=O) groups excluding carboxylic acids is 3. The molecule has 11 nitrogen and oxygen atoms in total. The Labute approximate surface area is 221 Å². The zero-order valence-electron chi connectivity index (χ0n) is 20.9. The molecule has 1 unspecified atom stereocenters. The molecule has 0 bridgehead atoms. The van der Waals surface area contributed by atoms with Gasteiger partial charge in [-0.2, -0.15) is 10.2 Å². The maximum Gasteiger partial charge on any atom is 0.409 e. The van der Waals surface area contributed by atoms with Crippen LogP contribution in [0.1, 0.15) is 62.2 Å². The topological polar surface area (TPSA) is 115 Å². The summed E-state index contributed by atoms with van der Waals surface area (Å²) in [5, 5.41) is 11.1. The molecular weight excluding hydrogens is 556 g/mol. The zero-order valence-corrected chi connectivity index (χ0v) is 22.5. The van der Waals surface area contributed by atoms with E-state index in [1.54, 1.807) is 36.8 Å². The molecule has 202 valence electrons. The predicted molar refractivity (Wildman–Crippen MR) is 132 cm³/mol. The summed E-state index contributed by atoms with van der Waals surface area (Å²) >= 11 is 3.22. The van der Waals surface area contributed by atoms with Gasteiger partial charge >= 0.3 is 6.09 Å². The van der Waals surface area contributed by atoms with Crippen LogP contribution in [-0.2, 0) is 20.9 Å². The molecule has 1 N–H and O–H groups in total. The molecule has 2 fully saturated rings. The van der Waals surface area contributed by atoms with Gasteiger partial charge in [0.25, 0.3) is 6.43 Å². The van der Waals surface area contributed by atoms with Crippen molar-refractivity contribution < 1.29 is 27.9 Å². The van der Waals surface area contributed by atoms with Crippen molar-refractivity contribution in [3.63, 3.8) is 0 Å². The second-order valence-corrected chi connectivity index (χ2v) is 9.95. The minimum Gasteiger partial charge on any atom is -0.450 e. The molecule has 3 amide bonds. The van der Waals surface area contributed by atoms with Gasteiger partial charge in [-0.1, -0.05) is 0 Å². The van der Waals surface area contributed by atoms with Gasteiger partial charge in [0.2, 0.25) is 11.8 Å². The molecule has 1 aliphatic heterocycles. The van der Waals surface area contributed by atoms with E-state index in [-0.39, 0.29) is 34.6 Å². The first kappa shape index (κ1) is 27.0. The van der Waals surface area contributed by atoms with Gasteiger partial charge in [-0.3, -0.25) is 19.0 Å². The first-order chi connectivity index (χ1) is 17.6. The van der Waals surface area contributed by atoms with E-state index >= 15 is 0 Å². The van der Waals surface area contributed by atoms with E-state index in [0.29, 0.717) is 49.9 Å². The number of piperazine rings is 1. The van der Waals surface area contributed by atoms with E-state index in [1.807, 2.05) is 0 Å². The zero-order chi connectivity index (χ0) is 26.9. The minimum atomic E-state index is -2.75. The van der Waals surface area contributed by atoms with Crippen molar-refractivity contribution in [2.75, 3.05) is 38.1 Å². The highest BCUT2D eigenvalue weighted by Crippen LogP contribution is 2.45. The second kappa shape index (κ2) is 11.2. The van der Waals surface area contributed by atoms with Gasteiger partial charge in [0.1, 0.15) is 18.3 Å². The summed E-state index contributed by atoms with van der Waals surface area (Å²) in [5.74, 6) is -0.481. The molecule has 14 heteroatoms. The van der Waals surface area contributed by atoms with Crippen molar-refractivity contribution in [2.45, 2.75) is 58.5 Å². The molecular formula is C23H30BrF2N7O4. The van der Waals surface area contributed by atoms with E-state index < -0.39 is 18.4 Å². The van der Waals surface area contributed by atoms with E-state index in [4.69, 9.17) is 4.74 Å². The number of alkyl halides is 2. The van der Waals surface area contributed by atoms with Crippen molar-refractivity contribution >= 4 is 39.5 Å². The van der Waals surface area contributed by atoms with Crippen LogP contribution in [0.25, 0.3) is 0 Å². The lowest BCUT2D eigenvalue weighted by molar-refractivity contribution is -0.136. The summed E-state index contributed by atoms with van der Waals surface area (Å²) in [6.45, 7) is 6.78. The number of ether oxygens (including phenoxy) is 1. The molecule has 1 saturated carbocycles. The smallest absolute Gasteiger partial charge is 0.409 e. The van der Waals surface area contributed by atoms with Gasteiger partial charge in [0.05, 0.1) is 28.2 Å². The van der Waals surface area contributed by atoms with Gasteiger partial charge in [-0.15, -0.1) is 0 Å². The van der Waals surface area contributed by atoms with Gasteiger partial charge in [0.15, 0.2) is 0 Å². The molecule has 1 atom stereocenters. The Balaban J connectivity index is 1.38.